The van der Waals surface area contributed by atoms with Crippen LogP contribution in [0.1, 0.15) is 62.0 Å². The number of hydrogen-bond donors (Lipinski definition) is 3. The molecule has 4 rings (SSSR count). The van der Waals surface area contributed by atoms with Crippen molar-refractivity contribution >= 4 is 18.0 Å². The lowest BCUT2D eigenvalue weighted by Gasteiger charge is -2.24. The van der Waals surface area contributed by atoms with E-state index in [-0.39, 0.29) is 43.2 Å². The summed E-state index contributed by atoms with van der Waals surface area (Å²) in [5.41, 5.74) is 4.67. The Bertz CT molecular complexity index is 986. The molecule has 1 atom stereocenters. The quantitative estimate of drug-likeness (QED) is 0.451. The molecule has 2 aromatic rings. The van der Waals surface area contributed by atoms with Crippen molar-refractivity contribution in [2.24, 2.45) is 5.92 Å². The lowest BCUT2D eigenvalue weighted by molar-refractivity contribution is -0.137. The summed E-state index contributed by atoms with van der Waals surface area (Å²) in [4.78, 5) is 35.8. The predicted molar refractivity (Wildman–Crippen MR) is 128 cm³/mol. The van der Waals surface area contributed by atoms with Gasteiger partial charge in [-0.2, -0.15) is 0 Å². The largest absolute Gasteiger partial charge is 0.481 e. The number of ether oxygens (including phenoxy) is 1. The third kappa shape index (κ3) is 5.76. The Morgan fingerprint density at radius 1 is 0.971 bits per heavy atom. The highest BCUT2D eigenvalue weighted by Gasteiger charge is 2.31. The smallest absolute Gasteiger partial charge is 0.407 e. The van der Waals surface area contributed by atoms with Crippen molar-refractivity contribution in [2.75, 3.05) is 13.2 Å². The van der Waals surface area contributed by atoms with Crippen molar-refractivity contribution in [3.8, 4) is 11.1 Å². The first-order valence-corrected chi connectivity index (χ1v) is 12.1. The lowest BCUT2D eigenvalue weighted by atomic mass is 9.95. The van der Waals surface area contributed by atoms with Crippen molar-refractivity contribution in [1.82, 2.24) is 10.6 Å². The van der Waals surface area contributed by atoms with Gasteiger partial charge in [0.05, 0.1) is 0 Å². The molecular formula is C27H32N2O5. The molecule has 1 unspecified atom stereocenters. The van der Waals surface area contributed by atoms with E-state index in [0.29, 0.717) is 13.0 Å². The summed E-state index contributed by atoms with van der Waals surface area (Å²) in [6.07, 6.45) is 4.20. The first-order chi connectivity index (χ1) is 16.5. The number of nitrogens with one attached hydrogen (secondary N) is 2. The second-order valence-electron chi connectivity index (χ2n) is 9.17. The fourth-order valence-electron chi connectivity index (χ4n) is 5.23. The van der Waals surface area contributed by atoms with E-state index in [4.69, 9.17) is 9.84 Å². The van der Waals surface area contributed by atoms with Crippen molar-refractivity contribution in [3.63, 3.8) is 0 Å². The van der Waals surface area contributed by atoms with E-state index in [1.54, 1.807) is 0 Å². The van der Waals surface area contributed by atoms with Gasteiger partial charge in [0, 0.05) is 31.3 Å². The summed E-state index contributed by atoms with van der Waals surface area (Å²) in [5, 5.41) is 14.5. The minimum absolute atomic E-state index is 0.0133. The molecule has 7 nitrogen and oxygen atoms in total. The molecule has 0 saturated heterocycles. The molecule has 0 aliphatic heterocycles. The fourth-order valence-corrected chi connectivity index (χ4v) is 5.23. The zero-order valence-corrected chi connectivity index (χ0v) is 19.3. The summed E-state index contributed by atoms with van der Waals surface area (Å²) in [7, 11) is 0. The SMILES string of the molecule is O=C(O)CCCNC(=O)CC(NC(=O)OCC1c2ccccc2-c2ccccc21)C1CCCC1. The molecule has 0 bridgehead atoms. The molecule has 0 heterocycles. The van der Waals surface area contributed by atoms with Crippen LogP contribution in [-0.2, 0) is 14.3 Å². The summed E-state index contributed by atoms with van der Waals surface area (Å²) < 4.78 is 5.69. The molecule has 1 fully saturated rings. The standard InChI is InChI=1S/C27H32N2O5/c30-25(28-15-7-14-26(31)32)16-24(18-8-1-2-9-18)29-27(33)34-17-23-21-12-5-3-10-19(21)20-11-4-6-13-22(20)23/h3-6,10-13,18,23-24H,1-2,7-9,14-17H2,(H,28,30)(H,29,33)(H,31,32). The van der Waals surface area contributed by atoms with Crippen molar-refractivity contribution in [2.45, 2.75) is 56.9 Å². The fraction of sp³-hybridized carbons (Fsp3) is 0.444. The number of amides is 2. The highest BCUT2D eigenvalue weighted by atomic mass is 16.5. The average Bonchev–Trinajstić information content (AvgIpc) is 3.47. The number of carbonyl (C=O) groups is 3. The zero-order valence-electron chi connectivity index (χ0n) is 19.3. The Labute approximate surface area is 199 Å². The van der Waals surface area contributed by atoms with Gasteiger partial charge in [-0.1, -0.05) is 61.4 Å². The normalized spacial score (nSPS) is 15.9. The number of carboxylic acids is 1. The number of benzene rings is 2. The average molecular weight is 465 g/mol. The van der Waals surface area contributed by atoms with E-state index in [9.17, 15) is 14.4 Å². The summed E-state index contributed by atoms with van der Waals surface area (Å²) in [6.45, 7) is 0.548. The van der Waals surface area contributed by atoms with Crippen molar-refractivity contribution < 1.29 is 24.2 Å². The number of rotatable bonds is 10. The Morgan fingerprint density at radius 2 is 1.59 bits per heavy atom. The molecule has 0 spiro atoms. The molecule has 7 heteroatoms. The van der Waals surface area contributed by atoms with E-state index < -0.39 is 12.1 Å². The maximum atomic E-state index is 12.8. The third-order valence-corrected chi connectivity index (χ3v) is 6.91. The van der Waals surface area contributed by atoms with E-state index in [1.165, 1.54) is 11.1 Å². The molecule has 2 amide bonds. The van der Waals surface area contributed by atoms with E-state index in [1.807, 2.05) is 24.3 Å². The van der Waals surface area contributed by atoms with Gasteiger partial charge in [0.1, 0.15) is 6.61 Å². The van der Waals surface area contributed by atoms with Crippen LogP contribution in [0.15, 0.2) is 48.5 Å². The molecule has 2 aromatic carbocycles. The molecule has 0 aromatic heterocycles. The van der Waals surface area contributed by atoms with Crippen LogP contribution in [0, 0.1) is 5.92 Å². The Hall–Kier alpha value is -3.35. The van der Waals surface area contributed by atoms with E-state index >= 15 is 0 Å². The van der Waals surface area contributed by atoms with Crippen LogP contribution >= 0.6 is 0 Å². The minimum atomic E-state index is -0.880. The maximum absolute atomic E-state index is 12.8. The molecule has 2 aliphatic carbocycles. The van der Waals surface area contributed by atoms with Crippen LogP contribution in [0.5, 0.6) is 0 Å². The molecule has 0 radical (unpaired) electrons. The third-order valence-electron chi connectivity index (χ3n) is 6.91. The number of hydrogen-bond acceptors (Lipinski definition) is 4. The molecule has 2 aliphatic rings. The summed E-state index contributed by atoms with van der Waals surface area (Å²) in [5.74, 6) is -0.831. The molecule has 180 valence electrons. The maximum Gasteiger partial charge on any atom is 0.407 e. The van der Waals surface area contributed by atoms with Gasteiger partial charge in [-0.15, -0.1) is 0 Å². The number of carboxylic acid groups (broad SMARTS) is 1. The van der Waals surface area contributed by atoms with Gasteiger partial charge >= 0.3 is 12.1 Å². The van der Waals surface area contributed by atoms with Gasteiger partial charge in [0.15, 0.2) is 0 Å². The van der Waals surface area contributed by atoms with Crippen LogP contribution in [0.25, 0.3) is 11.1 Å². The van der Waals surface area contributed by atoms with Gasteiger partial charge in [-0.3, -0.25) is 9.59 Å². The molecule has 3 N–H and O–H groups in total. The van der Waals surface area contributed by atoms with Crippen LogP contribution in [-0.4, -0.2) is 42.3 Å². The Morgan fingerprint density at radius 3 is 2.21 bits per heavy atom. The predicted octanol–water partition coefficient (Wildman–Crippen LogP) is 4.46. The van der Waals surface area contributed by atoms with Gasteiger partial charge in [-0.05, 0) is 47.4 Å². The van der Waals surface area contributed by atoms with Crippen molar-refractivity contribution in [1.29, 1.82) is 0 Å². The number of alkyl carbamates (subject to hydrolysis) is 1. The second-order valence-corrected chi connectivity index (χ2v) is 9.17. The van der Waals surface area contributed by atoms with Gasteiger partial charge < -0.3 is 20.5 Å². The number of fused-ring (bicyclic) bond motifs is 3. The van der Waals surface area contributed by atoms with Crippen LogP contribution in [0.2, 0.25) is 0 Å². The highest BCUT2D eigenvalue weighted by molar-refractivity contribution is 5.79. The highest BCUT2D eigenvalue weighted by Crippen LogP contribution is 2.44. The zero-order chi connectivity index (χ0) is 23.9. The molecule has 1 saturated carbocycles. The van der Waals surface area contributed by atoms with Crippen molar-refractivity contribution in [3.05, 3.63) is 59.7 Å². The van der Waals surface area contributed by atoms with Gasteiger partial charge in [-0.25, -0.2) is 4.79 Å². The Balaban J connectivity index is 1.34. The first-order valence-electron chi connectivity index (χ1n) is 12.1. The Kier molecular flexibility index (Phi) is 7.83. The topological polar surface area (TPSA) is 105 Å². The minimum Gasteiger partial charge on any atom is -0.481 e. The second kappa shape index (κ2) is 11.2. The van der Waals surface area contributed by atoms with Crippen LogP contribution < -0.4 is 10.6 Å². The number of aliphatic carboxylic acids is 1. The van der Waals surface area contributed by atoms with Gasteiger partial charge in [0.25, 0.3) is 0 Å². The summed E-state index contributed by atoms with van der Waals surface area (Å²) >= 11 is 0. The molecule has 34 heavy (non-hydrogen) atoms. The van der Waals surface area contributed by atoms with Crippen LogP contribution in [0.4, 0.5) is 4.79 Å². The number of carbonyl (C=O) groups excluding carboxylic acids is 2. The van der Waals surface area contributed by atoms with E-state index in [2.05, 4.69) is 34.9 Å². The first kappa shape index (κ1) is 23.8. The lowest BCUT2D eigenvalue weighted by Crippen LogP contribution is -2.43. The summed E-state index contributed by atoms with van der Waals surface area (Å²) in [6, 6.07) is 16.1. The monoisotopic (exact) mass is 464 g/mol. The van der Waals surface area contributed by atoms with Gasteiger partial charge in [0.2, 0.25) is 5.91 Å². The molecular weight excluding hydrogens is 432 g/mol. The van der Waals surface area contributed by atoms with E-state index in [0.717, 1.165) is 36.8 Å². The van der Waals surface area contributed by atoms with Crippen LogP contribution in [0.3, 0.4) is 0 Å².